The molecule has 1 atom stereocenters. The molecule has 262 valence electrons. The first-order chi connectivity index (χ1) is 23.0. The number of benzene rings is 1. The highest BCUT2D eigenvalue weighted by atomic mass is 15.3. The van der Waals surface area contributed by atoms with Crippen LogP contribution >= 0.6 is 0 Å². The molecule has 0 amide bonds. The Morgan fingerprint density at radius 3 is 2.28 bits per heavy atom. The van der Waals surface area contributed by atoms with Crippen LogP contribution in [0.25, 0.3) is 0 Å². The highest BCUT2D eigenvalue weighted by molar-refractivity contribution is 5.84. The highest BCUT2D eigenvalue weighted by Gasteiger charge is 2.22. The lowest BCUT2D eigenvalue weighted by molar-refractivity contribution is 0.133. The molecule has 0 radical (unpaired) electrons. The van der Waals surface area contributed by atoms with Gasteiger partial charge in [0.2, 0.25) is 0 Å². The summed E-state index contributed by atoms with van der Waals surface area (Å²) in [6, 6.07) is 10.3. The van der Waals surface area contributed by atoms with Gasteiger partial charge in [-0.15, -0.1) is 0 Å². The van der Waals surface area contributed by atoms with Gasteiger partial charge < -0.3 is 31.5 Å². The zero-order valence-electron chi connectivity index (χ0n) is 29.9. The number of nitrogens with one attached hydrogen (secondary N) is 3. The topological polar surface area (TPSA) is 84.2 Å². The van der Waals surface area contributed by atoms with Crippen LogP contribution in [-0.2, 0) is 13.0 Å². The minimum absolute atomic E-state index is 0.565. The van der Waals surface area contributed by atoms with E-state index in [-0.39, 0.29) is 0 Å². The lowest BCUT2D eigenvalue weighted by Gasteiger charge is -2.39. The number of rotatable bonds is 15. The predicted octanol–water partition coefficient (Wildman–Crippen LogP) is 5.37. The van der Waals surface area contributed by atoms with E-state index < -0.39 is 0 Å². The monoisotopic (exact) mass is 647 g/mol. The van der Waals surface area contributed by atoms with Crippen LogP contribution in [0.3, 0.4) is 0 Å². The van der Waals surface area contributed by atoms with Crippen LogP contribution in [0.4, 0.5) is 0 Å². The number of amidine groups is 1. The zero-order chi connectivity index (χ0) is 32.7. The van der Waals surface area contributed by atoms with Crippen molar-refractivity contribution in [2.75, 3.05) is 65.4 Å². The number of likely N-dealkylation sites (tertiary alicyclic amines) is 1. The first kappa shape index (κ1) is 35.9. The van der Waals surface area contributed by atoms with E-state index >= 15 is 0 Å². The predicted molar refractivity (Wildman–Crippen MR) is 199 cm³/mol. The maximum Gasteiger partial charge on any atom is 0.103 e. The molecule has 8 nitrogen and oxygen atoms in total. The molecular weight excluding hydrogens is 580 g/mol. The third kappa shape index (κ3) is 12.5. The van der Waals surface area contributed by atoms with Gasteiger partial charge in [0.1, 0.15) is 11.7 Å². The summed E-state index contributed by atoms with van der Waals surface area (Å²) in [6.45, 7) is 16.9. The smallest absolute Gasteiger partial charge is 0.103 e. The molecular formula is C39H66N8. The quantitative estimate of drug-likeness (QED) is 0.191. The van der Waals surface area contributed by atoms with Gasteiger partial charge in [0.25, 0.3) is 0 Å². The SMILES string of the molecule is CC1=C(N2CCN(CCN3CCCCC3)CC2)C=C(N)NC(=NCc2ccc(CCNC(C)CCCNC3CCCCC3)cc2)CC1. The number of aliphatic imine (C=N–C) groups is 1. The fourth-order valence-corrected chi connectivity index (χ4v) is 7.71. The van der Waals surface area contributed by atoms with Crippen molar-refractivity contribution in [2.24, 2.45) is 10.7 Å². The number of nitrogens with zero attached hydrogens (tertiary/aromatic N) is 4. The average molecular weight is 647 g/mol. The van der Waals surface area contributed by atoms with Crippen molar-refractivity contribution >= 4 is 5.84 Å². The fraction of sp³-hybridized carbons (Fsp3) is 0.718. The molecule has 3 heterocycles. The second kappa shape index (κ2) is 19.6. The summed E-state index contributed by atoms with van der Waals surface area (Å²) in [4.78, 5) is 12.8. The van der Waals surface area contributed by atoms with E-state index in [1.165, 1.54) is 113 Å². The Bertz CT molecular complexity index is 1140. The maximum absolute atomic E-state index is 6.52. The minimum atomic E-state index is 0.565. The normalized spacial score (nSPS) is 22.6. The average Bonchev–Trinajstić information content (AvgIpc) is 3.10. The van der Waals surface area contributed by atoms with Crippen molar-refractivity contribution in [3.05, 3.63) is 58.6 Å². The van der Waals surface area contributed by atoms with Crippen molar-refractivity contribution in [3.8, 4) is 0 Å². The van der Waals surface area contributed by atoms with Crippen LogP contribution in [0.1, 0.15) is 102 Å². The largest absolute Gasteiger partial charge is 0.385 e. The zero-order valence-corrected chi connectivity index (χ0v) is 29.9. The molecule has 1 aromatic rings. The third-order valence-corrected chi connectivity index (χ3v) is 10.9. The van der Waals surface area contributed by atoms with Gasteiger partial charge in [-0.25, -0.2) is 0 Å². The molecule has 3 fully saturated rings. The number of hydrogen-bond donors (Lipinski definition) is 4. The summed E-state index contributed by atoms with van der Waals surface area (Å²) >= 11 is 0. The third-order valence-electron chi connectivity index (χ3n) is 10.9. The van der Waals surface area contributed by atoms with Crippen LogP contribution < -0.4 is 21.7 Å². The lowest BCUT2D eigenvalue weighted by Crippen LogP contribution is -2.48. The molecule has 47 heavy (non-hydrogen) atoms. The van der Waals surface area contributed by atoms with E-state index in [4.69, 9.17) is 10.7 Å². The van der Waals surface area contributed by atoms with E-state index in [9.17, 15) is 0 Å². The molecule has 1 aliphatic carbocycles. The van der Waals surface area contributed by atoms with E-state index in [1.807, 2.05) is 0 Å². The summed E-state index contributed by atoms with van der Waals surface area (Å²) in [5, 5.41) is 10.9. The maximum atomic E-state index is 6.52. The first-order valence-electron chi connectivity index (χ1n) is 19.2. The summed E-state index contributed by atoms with van der Waals surface area (Å²) < 4.78 is 0. The Hall–Kier alpha value is -2.39. The van der Waals surface area contributed by atoms with Crippen molar-refractivity contribution in [2.45, 2.75) is 116 Å². The van der Waals surface area contributed by atoms with Gasteiger partial charge in [-0.3, -0.25) is 9.89 Å². The summed E-state index contributed by atoms with van der Waals surface area (Å²) in [6.07, 6.45) is 18.7. The van der Waals surface area contributed by atoms with Crippen LogP contribution in [0.2, 0.25) is 0 Å². The van der Waals surface area contributed by atoms with Gasteiger partial charge in [0, 0.05) is 69.5 Å². The van der Waals surface area contributed by atoms with E-state index in [0.717, 1.165) is 70.4 Å². The van der Waals surface area contributed by atoms with E-state index in [1.54, 1.807) is 0 Å². The van der Waals surface area contributed by atoms with Gasteiger partial charge in [-0.05, 0) is 108 Å². The molecule has 1 saturated carbocycles. The van der Waals surface area contributed by atoms with Crippen LogP contribution in [-0.4, -0.2) is 98.1 Å². The van der Waals surface area contributed by atoms with Crippen LogP contribution in [0.5, 0.6) is 0 Å². The summed E-state index contributed by atoms with van der Waals surface area (Å²) in [5.74, 6) is 1.68. The number of piperazine rings is 1. The molecule has 1 aromatic carbocycles. The second-order valence-corrected chi connectivity index (χ2v) is 14.7. The molecule has 0 bridgehead atoms. The van der Waals surface area contributed by atoms with Crippen molar-refractivity contribution in [3.63, 3.8) is 0 Å². The van der Waals surface area contributed by atoms with Crippen molar-refractivity contribution in [1.29, 1.82) is 0 Å². The first-order valence-corrected chi connectivity index (χ1v) is 19.2. The molecule has 5 N–H and O–H groups in total. The lowest BCUT2D eigenvalue weighted by atomic mass is 9.95. The Balaban J connectivity index is 0.984. The fourth-order valence-electron chi connectivity index (χ4n) is 7.71. The molecule has 1 unspecified atom stereocenters. The van der Waals surface area contributed by atoms with Gasteiger partial charge in [0.15, 0.2) is 0 Å². The molecule has 8 heteroatoms. The van der Waals surface area contributed by atoms with Crippen LogP contribution in [0, 0.1) is 0 Å². The molecule has 4 aliphatic rings. The number of allylic oxidation sites excluding steroid dienone is 2. The minimum Gasteiger partial charge on any atom is -0.385 e. The molecule has 3 aliphatic heterocycles. The summed E-state index contributed by atoms with van der Waals surface area (Å²) in [7, 11) is 0. The van der Waals surface area contributed by atoms with E-state index in [0.29, 0.717) is 18.4 Å². The highest BCUT2D eigenvalue weighted by Crippen LogP contribution is 2.22. The van der Waals surface area contributed by atoms with Gasteiger partial charge in [-0.2, -0.15) is 0 Å². The van der Waals surface area contributed by atoms with Gasteiger partial charge in [-0.1, -0.05) is 49.9 Å². The number of hydrogen-bond acceptors (Lipinski definition) is 7. The van der Waals surface area contributed by atoms with Crippen LogP contribution in [0.15, 0.2) is 52.4 Å². The second-order valence-electron chi connectivity index (χ2n) is 14.7. The Morgan fingerprint density at radius 2 is 1.53 bits per heavy atom. The van der Waals surface area contributed by atoms with Gasteiger partial charge in [0.05, 0.1) is 6.54 Å². The van der Waals surface area contributed by atoms with E-state index in [2.05, 4.69) is 74.8 Å². The Labute approximate surface area is 286 Å². The standard InChI is InChI=1S/C39H66N8/c1-32-13-18-39(44-38(40)30-37(32)47-28-26-46(27-29-47)25-24-45-22-7-4-8-23-45)43-31-35-16-14-34(15-17-35)19-21-41-33(2)10-9-20-42-36-11-5-3-6-12-36/h14-17,30,33,36,41-42H,3-13,18-29,31,40H2,1-2H3,(H,43,44). The van der Waals surface area contributed by atoms with Gasteiger partial charge >= 0.3 is 0 Å². The Morgan fingerprint density at radius 1 is 0.851 bits per heavy atom. The Kier molecular flexibility index (Phi) is 14.9. The summed E-state index contributed by atoms with van der Waals surface area (Å²) in [5.41, 5.74) is 11.9. The molecule has 5 rings (SSSR count). The molecule has 0 spiro atoms. The number of nitrogens with two attached hydrogens (primary N) is 1. The van der Waals surface area contributed by atoms with Crippen molar-refractivity contribution < 1.29 is 0 Å². The van der Waals surface area contributed by atoms with Crippen molar-refractivity contribution in [1.82, 2.24) is 30.7 Å². The molecule has 2 saturated heterocycles. The number of piperidine rings is 1. The molecule has 0 aromatic heterocycles.